The molecule has 3 heterocycles. The largest absolute Gasteiger partial charge is 0.394 e. The normalized spacial score (nSPS) is 19.6. The van der Waals surface area contributed by atoms with Crippen LogP contribution in [0.25, 0.3) is 0 Å². The SMILES string of the molecule is CN/C=C\C(=N)C1=C2C[C@H](NS(=O)(=O)c3ccccc3)CN2C(c2nccs2)=N[C@H]1c1ccc(F)cc1Cl. The van der Waals surface area contributed by atoms with E-state index in [2.05, 4.69) is 15.0 Å². The lowest BCUT2D eigenvalue weighted by atomic mass is 9.91. The van der Waals surface area contributed by atoms with E-state index in [1.54, 1.807) is 61.9 Å². The second-order valence-electron chi connectivity index (χ2n) is 8.70. The third-order valence-corrected chi connectivity index (χ3v) is 8.86. The predicted octanol–water partition coefficient (Wildman–Crippen LogP) is 4.50. The van der Waals surface area contributed by atoms with Gasteiger partial charge in [0.05, 0.1) is 10.6 Å². The van der Waals surface area contributed by atoms with Gasteiger partial charge in [-0.2, -0.15) is 0 Å². The van der Waals surface area contributed by atoms with E-state index < -0.39 is 27.9 Å². The molecule has 1 fully saturated rings. The summed E-state index contributed by atoms with van der Waals surface area (Å²) in [6.45, 7) is 0.302. The van der Waals surface area contributed by atoms with Crippen LogP contribution in [0.15, 0.2) is 93.5 Å². The van der Waals surface area contributed by atoms with Gasteiger partial charge in [-0.3, -0.25) is 4.99 Å². The van der Waals surface area contributed by atoms with Crippen molar-refractivity contribution in [3.63, 3.8) is 0 Å². The molecule has 3 N–H and O–H groups in total. The average Bonchev–Trinajstić information content (AvgIpc) is 3.57. The highest BCUT2D eigenvalue weighted by Gasteiger charge is 2.41. The third kappa shape index (κ3) is 5.14. The number of nitrogens with one attached hydrogen (secondary N) is 3. The average molecular weight is 571 g/mol. The van der Waals surface area contributed by atoms with Gasteiger partial charge in [-0.25, -0.2) is 22.5 Å². The summed E-state index contributed by atoms with van der Waals surface area (Å²) in [4.78, 5) is 11.5. The Morgan fingerprint density at radius 2 is 2.05 bits per heavy atom. The minimum absolute atomic E-state index is 0.175. The van der Waals surface area contributed by atoms with E-state index in [0.29, 0.717) is 34.9 Å². The predicted molar refractivity (Wildman–Crippen MR) is 148 cm³/mol. The van der Waals surface area contributed by atoms with E-state index in [4.69, 9.17) is 22.0 Å². The van der Waals surface area contributed by atoms with Gasteiger partial charge in [0.2, 0.25) is 10.0 Å². The van der Waals surface area contributed by atoms with E-state index in [-0.39, 0.29) is 15.6 Å². The van der Waals surface area contributed by atoms with Crippen LogP contribution in [-0.2, 0) is 10.0 Å². The second-order valence-corrected chi connectivity index (χ2v) is 11.7. The zero-order valence-electron chi connectivity index (χ0n) is 20.2. The summed E-state index contributed by atoms with van der Waals surface area (Å²) >= 11 is 7.89. The lowest BCUT2D eigenvalue weighted by Gasteiger charge is -2.32. The number of sulfonamides is 1. The Morgan fingerprint density at radius 1 is 1.26 bits per heavy atom. The number of fused-ring (bicyclic) bond motifs is 1. The standard InChI is InChI=1S/C26H24ClFN6O2S2/c1-30-10-9-21(29)23-22-14-17(33-38(35,36)18-5-3-2-4-6-18)15-34(22)25(26-31-11-12-37-26)32-24(23)19-8-7-16(28)13-20(19)27/h2-13,17,24,29-30,33H,14-15H2,1H3/b10-9-,29-21?/t17-,24-/m0/s1. The van der Waals surface area contributed by atoms with Gasteiger partial charge in [0.25, 0.3) is 0 Å². The molecule has 0 spiro atoms. The first-order valence-corrected chi connectivity index (χ1v) is 14.5. The van der Waals surface area contributed by atoms with Gasteiger partial charge in [0, 0.05) is 59.5 Å². The zero-order chi connectivity index (χ0) is 26.9. The van der Waals surface area contributed by atoms with E-state index in [1.165, 1.54) is 23.5 Å². The quantitative estimate of drug-likeness (QED) is 0.346. The van der Waals surface area contributed by atoms with Crippen molar-refractivity contribution in [1.82, 2.24) is 19.9 Å². The van der Waals surface area contributed by atoms with Gasteiger partial charge in [-0.05, 0) is 36.5 Å². The molecule has 3 aromatic rings. The number of hydrogen-bond acceptors (Lipinski definition) is 8. The molecule has 1 saturated heterocycles. The first-order valence-electron chi connectivity index (χ1n) is 11.7. The summed E-state index contributed by atoms with van der Waals surface area (Å²) < 4.78 is 43.0. The number of hydrogen-bond donors (Lipinski definition) is 3. The maximum Gasteiger partial charge on any atom is 0.240 e. The number of benzene rings is 2. The molecule has 0 unspecified atom stereocenters. The molecule has 12 heteroatoms. The fraction of sp³-hybridized carbons (Fsp3) is 0.192. The minimum atomic E-state index is -3.78. The molecule has 196 valence electrons. The molecule has 0 radical (unpaired) electrons. The Kier molecular flexibility index (Phi) is 7.44. The Balaban J connectivity index is 1.62. The fourth-order valence-corrected chi connectivity index (χ4v) is 6.76. The number of thiazole rings is 1. The molecule has 0 aliphatic carbocycles. The first-order chi connectivity index (χ1) is 18.3. The van der Waals surface area contributed by atoms with E-state index >= 15 is 0 Å². The molecule has 0 bridgehead atoms. The van der Waals surface area contributed by atoms with Crippen LogP contribution >= 0.6 is 22.9 Å². The van der Waals surface area contributed by atoms with Crippen molar-refractivity contribution >= 4 is 44.5 Å². The Labute approximate surface area is 229 Å². The van der Waals surface area contributed by atoms with Crippen molar-refractivity contribution < 1.29 is 12.8 Å². The van der Waals surface area contributed by atoms with Gasteiger partial charge >= 0.3 is 0 Å². The molecule has 2 atom stereocenters. The monoisotopic (exact) mass is 570 g/mol. The Morgan fingerprint density at radius 3 is 2.74 bits per heavy atom. The van der Waals surface area contributed by atoms with Gasteiger partial charge in [0.15, 0.2) is 10.8 Å². The van der Waals surface area contributed by atoms with Crippen molar-refractivity contribution in [2.45, 2.75) is 23.4 Å². The van der Waals surface area contributed by atoms with E-state index in [1.807, 2.05) is 10.3 Å². The summed E-state index contributed by atoms with van der Waals surface area (Å²) in [5, 5.41) is 14.5. The highest BCUT2D eigenvalue weighted by molar-refractivity contribution is 7.89. The zero-order valence-corrected chi connectivity index (χ0v) is 22.6. The molecular weight excluding hydrogens is 547 g/mol. The molecule has 0 saturated carbocycles. The molecular formula is C26H24ClFN6O2S2. The first kappa shape index (κ1) is 26.2. The summed E-state index contributed by atoms with van der Waals surface area (Å²) in [5.41, 5.74) is 2.02. The number of aliphatic imine (C=N–C) groups is 1. The summed E-state index contributed by atoms with van der Waals surface area (Å²) in [5.74, 6) is 0.0758. The number of halogens is 2. The number of amidine groups is 1. The van der Waals surface area contributed by atoms with Crippen LogP contribution < -0.4 is 10.0 Å². The third-order valence-electron chi connectivity index (χ3n) is 6.22. The lowest BCUT2D eigenvalue weighted by Crippen LogP contribution is -2.39. The van der Waals surface area contributed by atoms with Crippen molar-refractivity contribution in [2.75, 3.05) is 13.6 Å². The fourth-order valence-electron chi connectivity index (χ4n) is 4.60. The minimum Gasteiger partial charge on any atom is -0.394 e. The summed E-state index contributed by atoms with van der Waals surface area (Å²) in [6.07, 6.45) is 5.23. The van der Waals surface area contributed by atoms with Gasteiger partial charge in [-0.1, -0.05) is 35.9 Å². The number of allylic oxidation sites excluding steroid dienone is 1. The molecule has 5 rings (SSSR count). The van der Waals surface area contributed by atoms with Gasteiger partial charge in [0.1, 0.15) is 11.9 Å². The van der Waals surface area contributed by atoms with Crippen molar-refractivity contribution in [1.29, 1.82) is 5.41 Å². The maximum absolute atomic E-state index is 13.9. The summed E-state index contributed by atoms with van der Waals surface area (Å²) in [7, 11) is -2.05. The smallest absolute Gasteiger partial charge is 0.240 e. The van der Waals surface area contributed by atoms with Crippen LogP contribution in [0.3, 0.4) is 0 Å². The Bertz CT molecular complexity index is 1560. The van der Waals surface area contributed by atoms with Crippen molar-refractivity contribution in [3.8, 4) is 0 Å². The summed E-state index contributed by atoms with van der Waals surface area (Å²) in [6, 6.07) is 11.1. The second kappa shape index (κ2) is 10.8. The van der Waals surface area contributed by atoms with Crippen LogP contribution in [0, 0.1) is 11.2 Å². The number of nitrogens with zero attached hydrogens (tertiary/aromatic N) is 3. The molecule has 38 heavy (non-hydrogen) atoms. The van der Waals surface area contributed by atoms with Crippen molar-refractivity contribution in [3.05, 3.63) is 105 Å². The van der Waals surface area contributed by atoms with Crippen LogP contribution in [0.4, 0.5) is 4.39 Å². The molecule has 2 aliphatic rings. The molecule has 2 aromatic carbocycles. The molecule has 0 amide bonds. The van der Waals surface area contributed by atoms with Crippen molar-refractivity contribution in [2.24, 2.45) is 4.99 Å². The molecule has 2 aliphatic heterocycles. The Hall–Kier alpha value is -3.38. The van der Waals surface area contributed by atoms with Crippen LogP contribution in [0.1, 0.15) is 23.0 Å². The highest BCUT2D eigenvalue weighted by atomic mass is 35.5. The van der Waals surface area contributed by atoms with Crippen LogP contribution in [0.2, 0.25) is 5.02 Å². The maximum atomic E-state index is 13.9. The number of aromatic nitrogens is 1. The van der Waals surface area contributed by atoms with Crippen LogP contribution in [0.5, 0.6) is 0 Å². The molecule has 1 aromatic heterocycles. The molecule has 8 nitrogen and oxygen atoms in total. The number of rotatable bonds is 8. The topological polar surface area (TPSA) is 111 Å². The van der Waals surface area contributed by atoms with Gasteiger partial charge < -0.3 is 15.6 Å². The van der Waals surface area contributed by atoms with Crippen LogP contribution in [-0.4, -0.2) is 49.5 Å². The lowest BCUT2D eigenvalue weighted by molar-refractivity contribution is 0.513. The highest BCUT2D eigenvalue weighted by Crippen LogP contribution is 2.43. The van der Waals surface area contributed by atoms with Gasteiger partial charge in [-0.15, -0.1) is 11.3 Å². The van der Waals surface area contributed by atoms with E-state index in [9.17, 15) is 12.8 Å². The van der Waals surface area contributed by atoms with E-state index in [0.717, 1.165) is 5.70 Å².